The van der Waals surface area contributed by atoms with E-state index in [1.165, 1.54) is 19.0 Å². The number of aliphatic carboxylic acids is 1. The van der Waals surface area contributed by atoms with Crippen molar-refractivity contribution in [3.8, 4) is 0 Å². The number of nitrogens with zero attached hydrogens (tertiary/aromatic N) is 2. The number of benzene rings is 2. The first-order valence-corrected chi connectivity index (χ1v) is 19.8. The van der Waals surface area contributed by atoms with Crippen molar-refractivity contribution < 1.29 is 61.9 Å². The molecule has 0 unspecified atom stereocenters. The minimum absolute atomic E-state index is 0.0470. The highest BCUT2D eigenvalue weighted by molar-refractivity contribution is 5.81. The second-order valence-corrected chi connectivity index (χ2v) is 16.8. The number of aliphatic hydroxyl groups excluding tert-OH is 1. The molecule has 13 nitrogen and oxygen atoms in total. The van der Waals surface area contributed by atoms with Crippen LogP contribution in [-0.4, -0.2) is 120 Å². The van der Waals surface area contributed by atoms with Crippen LogP contribution in [0.2, 0.25) is 0 Å². The third kappa shape index (κ3) is 26.4. The van der Waals surface area contributed by atoms with E-state index in [1.807, 2.05) is 88.4 Å². The summed E-state index contributed by atoms with van der Waals surface area (Å²) in [6, 6.07) is 17.3. The summed E-state index contributed by atoms with van der Waals surface area (Å²) in [6.07, 6.45) is -2.48. The Morgan fingerprint density at radius 2 is 1.03 bits per heavy atom. The van der Waals surface area contributed by atoms with Gasteiger partial charge in [-0.15, -0.1) is 0 Å². The highest BCUT2D eigenvalue weighted by atomic mass is 19.1. The summed E-state index contributed by atoms with van der Waals surface area (Å²) in [5.74, 6) is -1.36. The van der Waals surface area contributed by atoms with Crippen LogP contribution in [0.25, 0.3) is 0 Å². The van der Waals surface area contributed by atoms with E-state index in [0.717, 1.165) is 16.0 Å². The Balaban J connectivity index is 0.000000946. The predicted octanol–water partition coefficient (Wildman–Crippen LogP) is 8.25. The van der Waals surface area contributed by atoms with E-state index in [2.05, 4.69) is 0 Å². The van der Waals surface area contributed by atoms with E-state index < -0.39 is 73.0 Å². The van der Waals surface area contributed by atoms with Crippen LogP contribution in [0.5, 0.6) is 0 Å². The number of aliphatic hydroxyl groups is 1. The van der Waals surface area contributed by atoms with Gasteiger partial charge in [-0.25, -0.2) is 28.0 Å². The molecule has 0 bridgehead atoms. The van der Waals surface area contributed by atoms with E-state index in [4.69, 9.17) is 33.9 Å². The number of carboxylic acids is 1. The van der Waals surface area contributed by atoms with E-state index in [1.54, 1.807) is 41.5 Å². The lowest BCUT2D eigenvalue weighted by Crippen LogP contribution is -2.47. The van der Waals surface area contributed by atoms with Crippen molar-refractivity contribution in [2.24, 2.45) is 11.8 Å². The normalized spacial score (nSPS) is 13.4. The molecule has 2 amide bonds. The van der Waals surface area contributed by atoms with Crippen LogP contribution in [0, 0.1) is 11.8 Å². The second-order valence-electron chi connectivity index (χ2n) is 16.8. The van der Waals surface area contributed by atoms with Crippen molar-refractivity contribution in [2.75, 3.05) is 40.7 Å². The molecule has 4 atom stereocenters. The number of carbonyl (C=O) groups is 4. The number of hydrogen-bond donors (Lipinski definition) is 2. The van der Waals surface area contributed by atoms with Gasteiger partial charge in [0.1, 0.15) is 42.7 Å². The molecule has 59 heavy (non-hydrogen) atoms. The molecule has 2 aromatic rings. The van der Waals surface area contributed by atoms with E-state index in [-0.39, 0.29) is 25.0 Å². The summed E-state index contributed by atoms with van der Waals surface area (Å²) in [7, 11) is 2.94. The first-order chi connectivity index (χ1) is 27.4. The van der Waals surface area contributed by atoms with E-state index >= 15 is 0 Å². The molecule has 2 aromatic carbocycles. The molecule has 336 valence electrons. The molecule has 15 heteroatoms. The highest BCUT2D eigenvalue weighted by Gasteiger charge is 2.34. The molecule has 0 aliphatic rings. The van der Waals surface area contributed by atoms with Crippen molar-refractivity contribution in [2.45, 2.75) is 131 Å². The van der Waals surface area contributed by atoms with Crippen molar-refractivity contribution in [1.82, 2.24) is 9.80 Å². The Kier molecular flexibility index (Phi) is 26.1. The summed E-state index contributed by atoms with van der Waals surface area (Å²) in [4.78, 5) is 50.3. The quantitative estimate of drug-likeness (QED) is 0.104. The summed E-state index contributed by atoms with van der Waals surface area (Å²) in [6.45, 7) is 17.2. The molecular formula is C44H70F2N2O11. The van der Waals surface area contributed by atoms with Gasteiger partial charge in [0.25, 0.3) is 0 Å². The lowest BCUT2D eigenvalue weighted by molar-refractivity contribution is -0.160. The van der Waals surface area contributed by atoms with Gasteiger partial charge in [-0.3, -0.25) is 9.80 Å². The van der Waals surface area contributed by atoms with Crippen LogP contribution < -0.4 is 0 Å². The maximum atomic E-state index is 13.4. The molecule has 2 rings (SSSR count). The number of esters is 1. The number of carbonyl (C=O) groups excluding carboxylic acids is 3. The van der Waals surface area contributed by atoms with Crippen LogP contribution in [0.1, 0.15) is 93.2 Å². The molecule has 0 saturated heterocycles. The van der Waals surface area contributed by atoms with Gasteiger partial charge < -0.3 is 33.9 Å². The van der Waals surface area contributed by atoms with Gasteiger partial charge in [0.15, 0.2) is 6.10 Å². The standard InChI is InChI=1S/C22H34FNO5.C12H23NO4.C10H13FO2/c1-16(2)12-19(24(6)21(26)29-22(3,4)5)20(25)28-18(13-23)15-27-14-17-10-8-7-9-11-17;1-8(2)7-9(10(14)15)13(6)11(16)17-12(3,4)5;11-6-10(12)8-13-7-9-4-2-1-3-5-9/h7-11,16,18-19H,12-15H2,1-6H3;8-9H,7H2,1-6H3,(H,14,15);1-5,10,12H,6-8H2/t18-,19+;9-;10-/m101/s1. The van der Waals surface area contributed by atoms with Gasteiger partial charge >= 0.3 is 24.1 Å². The summed E-state index contributed by atoms with van der Waals surface area (Å²) >= 11 is 0. The Morgan fingerprint density at radius 3 is 1.39 bits per heavy atom. The molecule has 0 saturated carbocycles. The third-order valence-corrected chi connectivity index (χ3v) is 7.71. The molecule has 0 fully saturated rings. The fourth-order valence-corrected chi connectivity index (χ4v) is 4.82. The third-order valence-electron chi connectivity index (χ3n) is 7.71. The summed E-state index contributed by atoms with van der Waals surface area (Å²) in [5.41, 5.74) is 0.656. The SMILES string of the molecule is CC(C)C[C@@H](C(=O)O)N(C)C(=O)OC(C)(C)C.CC(C)C[C@@H](C(=O)O[C@H](CF)COCc1ccccc1)N(C)C(=O)OC(C)(C)C.O[C@H](CF)COCc1ccccc1. The minimum Gasteiger partial charge on any atom is -0.480 e. The lowest BCUT2D eigenvalue weighted by atomic mass is 10.0. The maximum Gasteiger partial charge on any atom is 0.410 e. The number of likely N-dealkylation sites (N-methyl/N-ethyl adjacent to an activating group) is 2. The summed E-state index contributed by atoms with van der Waals surface area (Å²) < 4.78 is 51.5. The molecule has 0 spiro atoms. The number of amides is 2. The first kappa shape index (κ1) is 54.7. The van der Waals surface area contributed by atoms with Crippen LogP contribution in [0.15, 0.2) is 60.7 Å². The number of ether oxygens (including phenoxy) is 5. The zero-order valence-electron chi connectivity index (χ0n) is 37.1. The Morgan fingerprint density at radius 1 is 0.644 bits per heavy atom. The van der Waals surface area contributed by atoms with Crippen LogP contribution >= 0.6 is 0 Å². The average Bonchev–Trinajstić information content (AvgIpc) is 3.14. The van der Waals surface area contributed by atoms with Crippen molar-refractivity contribution in [1.29, 1.82) is 0 Å². The molecule has 0 radical (unpaired) electrons. The smallest absolute Gasteiger partial charge is 0.410 e. The largest absolute Gasteiger partial charge is 0.480 e. The Bertz CT molecular complexity index is 1470. The lowest BCUT2D eigenvalue weighted by Gasteiger charge is -2.31. The molecule has 0 aromatic heterocycles. The number of rotatable bonds is 19. The Hall–Kier alpha value is -4.34. The molecular weight excluding hydrogens is 770 g/mol. The van der Waals surface area contributed by atoms with Gasteiger partial charge in [-0.1, -0.05) is 88.4 Å². The minimum atomic E-state index is -1.03. The fourth-order valence-electron chi connectivity index (χ4n) is 4.82. The predicted molar refractivity (Wildman–Crippen MR) is 222 cm³/mol. The molecule has 2 N–H and O–H groups in total. The number of halogens is 2. The fraction of sp³-hybridized carbons (Fsp3) is 0.636. The van der Waals surface area contributed by atoms with E-state index in [9.17, 15) is 28.0 Å². The number of carboxylic acid groups (broad SMARTS) is 1. The summed E-state index contributed by atoms with van der Waals surface area (Å²) in [5, 5.41) is 17.9. The second kappa shape index (κ2) is 28.2. The molecule has 0 heterocycles. The molecule has 0 aliphatic carbocycles. The van der Waals surface area contributed by atoms with Gasteiger partial charge in [-0.2, -0.15) is 0 Å². The van der Waals surface area contributed by atoms with Crippen molar-refractivity contribution in [3.63, 3.8) is 0 Å². The van der Waals surface area contributed by atoms with Gasteiger partial charge in [0.2, 0.25) is 0 Å². The van der Waals surface area contributed by atoms with Gasteiger partial charge in [-0.05, 0) is 77.3 Å². The monoisotopic (exact) mass is 840 g/mol. The highest BCUT2D eigenvalue weighted by Crippen LogP contribution is 2.18. The van der Waals surface area contributed by atoms with Crippen LogP contribution in [0.3, 0.4) is 0 Å². The van der Waals surface area contributed by atoms with Gasteiger partial charge in [0, 0.05) is 14.1 Å². The topological polar surface area (TPSA) is 161 Å². The van der Waals surface area contributed by atoms with E-state index in [0.29, 0.717) is 26.1 Å². The Labute approximate surface area is 350 Å². The maximum absolute atomic E-state index is 13.4. The first-order valence-electron chi connectivity index (χ1n) is 19.8. The zero-order valence-corrected chi connectivity index (χ0v) is 37.1. The zero-order chi connectivity index (χ0) is 45.3. The number of hydrogen-bond acceptors (Lipinski definition) is 10. The average molecular weight is 841 g/mol. The van der Waals surface area contributed by atoms with Crippen LogP contribution in [-0.2, 0) is 46.5 Å². The molecule has 0 aliphatic heterocycles. The number of alkyl halides is 2. The van der Waals surface area contributed by atoms with Crippen molar-refractivity contribution in [3.05, 3.63) is 71.8 Å². The van der Waals surface area contributed by atoms with Gasteiger partial charge in [0.05, 0.1) is 26.4 Å². The van der Waals surface area contributed by atoms with Crippen molar-refractivity contribution >= 4 is 24.1 Å². The van der Waals surface area contributed by atoms with Crippen LogP contribution in [0.4, 0.5) is 18.4 Å².